The Morgan fingerprint density at radius 1 is 1.47 bits per heavy atom. The number of nitrogens with one attached hydrogen (secondary N) is 2. The first-order valence-electron chi connectivity index (χ1n) is 4.64. The van der Waals surface area contributed by atoms with Gasteiger partial charge in [0.05, 0.1) is 7.11 Å². The predicted octanol–water partition coefficient (Wildman–Crippen LogP) is 0.575. The number of ether oxygens (including phenoxy) is 1. The number of para-hydroxylation sites is 1. The van der Waals surface area contributed by atoms with Crippen LogP contribution in [0.1, 0.15) is 5.56 Å². The minimum atomic E-state index is 0.449. The van der Waals surface area contributed by atoms with E-state index in [1.165, 1.54) is 0 Å². The standard InChI is InChI=1S/C10H15N3OS/c1-14-9-5-3-2-4-8(9)6-7-12-10(15)13-11/h2-5H,6-7,11H2,1H3,(H2,12,13,15). The summed E-state index contributed by atoms with van der Waals surface area (Å²) in [5, 5.41) is 3.42. The fourth-order valence-corrected chi connectivity index (χ4v) is 1.37. The first-order valence-corrected chi connectivity index (χ1v) is 5.05. The van der Waals surface area contributed by atoms with E-state index < -0.39 is 0 Å². The van der Waals surface area contributed by atoms with Gasteiger partial charge in [0.1, 0.15) is 5.75 Å². The molecule has 0 aromatic heterocycles. The van der Waals surface area contributed by atoms with Gasteiger partial charge in [-0.15, -0.1) is 0 Å². The van der Waals surface area contributed by atoms with Gasteiger partial charge in [-0.2, -0.15) is 0 Å². The first-order chi connectivity index (χ1) is 7.27. The summed E-state index contributed by atoms with van der Waals surface area (Å²) in [7, 11) is 1.67. The van der Waals surface area contributed by atoms with E-state index in [4.69, 9.17) is 22.8 Å². The molecule has 0 aliphatic carbocycles. The van der Waals surface area contributed by atoms with Gasteiger partial charge in [0.15, 0.2) is 5.11 Å². The summed E-state index contributed by atoms with van der Waals surface area (Å²) in [4.78, 5) is 0. The quantitative estimate of drug-likeness (QED) is 0.397. The molecule has 0 amide bonds. The van der Waals surface area contributed by atoms with Crippen molar-refractivity contribution < 1.29 is 4.74 Å². The van der Waals surface area contributed by atoms with Gasteiger partial charge in [-0.05, 0) is 30.3 Å². The molecule has 0 unspecified atom stereocenters. The van der Waals surface area contributed by atoms with Crippen molar-refractivity contribution in [3.8, 4) is 5.75 Å². The third-order valence-electron chi connectivity index (χ3n) is 2.00. The smallest absolute Gasteiger partial charge is 0.180 e. The van der Waals surface area contributed by atoms with Crippen LogP contribution in [0.25, 0.3) is 0 Å². The maximum Gasteiger partial charge on any atom is 0.180 e. The Bertz CT molecular complexity index is 330. The lowest BCUT2D eigenvalue weighted by Gasteiger charge is -2.09. The zero-order chi connectivity index (χ0) is 11.1. The molecule has 0 atom stereocenters. The van der Waals surface area contributed by atoms with Crippen LogP contribution in [-0.4, -0.2) is 18.8 Å². The van der Waals surface area contributed by atoms with Crippen molar-refractivity contribution in [2.75, 3.05) is 13.7 Å². The Kier molecular flexibility index (Phi) is 4.86. The third kappa shape index (κ3) is 3.73. The Morgan fingerprint density at radius 2 is 2.20 bits per heavy atom. The van der Waals surface area contributed by atoms with Crippen LogP contribution < -0.4 is 21.3 Å². The lowest BCUT2D eigenvalue weighted by Crippen LogP contribution is -2.40. The van der Waals surface area contributed by atoms with E-state index in [1.54, 1.807) is 7.11 Å². The Morgan fingerprint density at radius 3 is 2.87 bits per heavy atom. The van der Waals surface area contributed by atoms with Crippen LogP contribution >= 0.6 is 12.2 Å². The number of methoxy groups -OCH3 is 1. The molecule has 0 spiro atoms. The molecule has 0 aliphatic rings. The predicted molar refractivity (Wildman–Crippen MR) is 64.6 cm³/mol. The molecule has 5 heteroatoms. The van der Waals surface area contributed by atoms with Gasteiger partial charge >= 0.3 is 0 Å². The molecule has 0 saturated carbocycles. The van der Waals surface area contributed by atoms with E-state index in [2.05, 4.69) is 10.7 Å². The van der Waals surface area contributed by atoms with Crippen molar-refractivity contribution in [1.29, 1.82) is 0 Å². The van der Waals surface area contributed by atoms with E-state index >= 15 is 0 Å². The molecule has 0 radical (unpaired) electrons. The second kappa shape index (κ2) is 6.21. The fourth-order valence-electron chi connectivity index (χ4n) is 1.27. The number of hydrogen-bond acceptors (Lipinski definition) is 3. The average molecular weight is 225 g/mol. The molecule has 15 heavy (non-hydrogen) atoms. The van der Waals surface area contributed by atoms with Gasteiger partial charge in [-0.25, -0.2) is 5.84 Å². The number of rotatable bonds is 4. The maximum atomic E-state index is 5.23. The van der Waals surface area contributed by atoms with Crippen molar-refractivity contribution in [3.05, 3.63) is 29.8 Å². The van der Waals surface area contributed by atoms with Gasteiger partial charge in [0, 0.05) is 6.54 Å². The summed E-state index contributed by atoms with van der Waals surface area (Å²) >= 11 is 4.85. The second-order valence-electron chi connectivity index (χ2n) is 2.96. The number of nitrogens with two attached hydrogens (primary N) is 1. The first kappa shape index (κ1) is 11.7. The zero-order valence-electron chi connectivity index (χ0n) is 8.62. The lowest BCUT2D eigenvalue weighted by atomic mass is 10.1. The molecular weight excluding hydrogens is 210 g/mol. The molecule has 1 rings (SSSR count). The maximum absolute atomic E-state index is 5.23. The molecule has 0 heterocycles. The molecular formula is C10H15N3OS. The molecule has 1 aromatic carbocycles. The minimum absolute atomic E-state index is 0.449. The molecule has 4 nitrogen and oxygen atoms in total. The van der Waals surface area contributed by atoms with E-state index in [9.17, 15) is 0 Å². The highest BCUT2D eigenvalue weighted by Gasteiger charge is 2.00. The van der Waals surface area contributed by atoms with Crippen molar-refractivity contribution in [1.82, 2.24) is 10.7 Å². The van der Waals surface area contributed by atoms with Crippen molar-refractivity contribution >= 4 is 17.3 Å². The molecule has 0 aliphatic heterocycles. The molecule has 1 aromatic rings. The van der Waals surface area contributed by atoms with Crippen LogP contribution in [0, 0.1) is 0 Å². The van der Waals surface area contributed by atoms with E-state index in [1.807, 2.05) is 24.3 Å². The van der Waals surface area contributed by atoms with Crippen LogP contribution in [0.4, 0.5) is 0 Å². The van der Waals surface area contributed by atoms with Crippen LogP contribution in [0.5, 0.6) is 5.75 Å². The molecule has 0 fully saturated rings. The summed E-state index contributed by atoms with van der Waals surface area (Å²) in [5.41, 5.74) is 3.51. The van der Waals surface area contributed by atoms with Crippen LogP contribution in [0.3, 0.4) is 0 Å². The molecule has 4 N–H and O–H groups in total. The van der Waals surface area contributed by atoms with Gasteiger partial charge in [0.2, 0.25) is 0 Å². The third-order valence-corrected chi connectivity index (χ3v) is 2.27. The fraction of sp³-hybridized carbons (Fsp3) is 0.300. The van der Waals surface area contributed by atoms with Crippen LogP contribution in [0.15, 0.2) is 24.3 Å². The van der Waals surface area contributed by atoms with E-state index in [0.29, 0.717) is 5.11 Å². The highest BCUT2D eigenvalue weighted by molar-refractivity contribution is 7.80. The Hall–Kier alpha value is -1.33. The van der Waals surface area contributed by atoms with Crippen molar-refractivity contribution in [3.63, 3.8) is 0 Å². The summed E-state index contributed by atoms with van der Waals surface area (Å²) in [6, 6.07) is 7.90. The number of thiocarbonyl (C=S) groups is 1. The van der Waals surface area contributed by atoms with Crippen LogP contribution in [0.2, 0.25) is 0 Å². The zero-order valence-corrected chi connectivity index (χ0v) is 9.43. The summed E-state index contributed by atoms with van der Waals surface area (Å²) in [5.74, 6) is 6.02. The molecule has 0 bridgehead atoms. The van der Waals surface area contributed by atoms with E-state index in [0.717, 1.165) is 24.3 Å². The highest BCUT2D eigenvalue weighted by atomic mass is 32.1. The van der Waals surface area contributed by atoms with Crippen LogP contribution in [-0.2, 0) is 6.42 Å². The normalized spacial score (nSPS) is 9.47. The van der Waals surface area contributed by atoms with Gasteiger partial charge in [-0.1, -0.05) is 18.2 Å². The lowest BCUT2D eigenvalue weighted by molar-refractivity contribution is 0.409. The second-order valence-corrected chi connectivity index (χ2v) is 3.37. The minimum Gasteiger partial charge on any atom is -0.496 e. The number of hydrazine groups is 1. The van der Waals surface area contributed by atoms with Gasteiger partial charge < -0.3 is 15.5 Å². The summed E-state index contributed by atoms with van der Waals surface area (Å²) in [6.45, 7) is 0.726. The molecule has 0 saturated heterocycles. The van der Waals surface area contributed by atoms with Gasteiger partial charge in [0.25, 0.3) is 0 Å². The van der Waals surface area contributed by atoms with Gasteiger partial charge in [-0.3, -0.25) is 0 Å². The molecule has 82 valence electrons. The summed E-state index contributed by atoms with van der Waals surface area (Å²) in [6.07, 6.45) is 0.839. The monoisotopic (exact) mass is 225 g/mol. The van der Waals surface area contributed by atoms with Crippen molar-refractivity contribution in [2.45, 2.75) is 6.42 Å². The number of benzene rings is 1. The van der Waals surface area contributed by atoms with Crippen molar-refractivity contribution in [2.24, 2.45) is 5.84 Å². The highest BCUT2D eigenvalue weighted by Crippen LogP contribution is 2.16. The Labute approximate surface area is 94.8 Å². The summed E-state index contributed by atoms with van der Waals surface area (Å²) < 4.78 is 5.23. The number of hydrogen-bond donors (Lipinski definition) is 3. The SMILES string of the molecule is COc1ccccc1CCNC(=S)NN. The Balaban J connectivity index is 2.46. The largest absolute Gasteiger partial charge is 0.496 e. The average Bonchev–Trinajstić information content (AvgIpc) is 2.29. The topological polar surface area (TPSA) is 59.3 Å². The van der Waals surface area contributed by atoms with E-state index in [-0.39, 0.29) is 0 Å².